The molecule has 1 aliphatic heterocycles. The second kappa shape index (κ2) is 12.0. The molecule has 0 N–H and O–H groups in total. The van der Waals surface area contributed by atoms with E-state index in [1.807, 2.05) is 23.5 Å². The molecule has 0 radical (unpaired) electrons. The molecule has 1 atom stereocenters. The van der Waals surface area contributed by atoms with E-state index >= 15 is 0 Å². The van der Waals surface area contributed by atoms with Crippen LogP contribution in [0.3, 0.4) is 0 Å². The van der Waals surface area contributed by atoms with Crippen LogP contribution in [-0.4, -0.2) is 19.1 Å². The molecule has 2 aromatic rings. The Balaban J connectivity index is 1.34. The normalized spacial score (nSPS) is 21.1. The zero-order valence-electron chi connectivity index (χ0n) is 22.2. The van der Waals surface area contributed by atoms with Gasteiger partial charge in [-0.25, -0.2) is 0 Å². The van der Waals surface area contributed by atoms with E-state index < -0.39 is 0 Å². The van der Waals surface area contributed by atoms with Crippen LogP contribution >= 0.6 is 47.0 Å². The first-order valence-electron chi connectivity index (χ1n) is 13.0. The smallest absolute Gasteiger partial charge is 0.0804 e. The van der Waals surface area contributed by atoms with Crippen LogP contribution < -0.4 is 4.90 Å². The van der Waals surface area contributed by atoms with Crippen molar-refractivity contribution in [2.75, 3.05) is 24.0 Å². The highest BCUT2D eigenvalue weighted by Gasteiger charge is 2.26. The lowest BCUT2D eigenvalue weighted by Crippen LogP contribution is -2.17. The van der Waals surface area contributed by atoms with E-state index in [9.17, 15) is 0 Å². The Bertz CT molecular complexity index is 1330. The van der Waals surface area contributed by atoms with E-state index in [0.717, 1.165) is 17.9 Å². The lowest BCUT2D eigenvalue weighted by molar-refractivity contribution is 0.502. The summed E-state index contributed by atoms with van der Waals surface area (Å²) < 4.78 is 0. The minimum atomic E-state index is 0.696. The van der Waals surface area contributed by atoms with Gasteiger partial charge >= 0.3 is 0 Å². The molecule has 5 heteroatoms. The van der Waals surface area contributed by atoms with Crippen molar-refractivity contribution in [2.45, 2.75) is 59.1 Å². The maximum atomic E-state index is 4.38. The number of rotatable bonds is 7. The van der Waals surface area contributed by atoms with E-state index in [4.69, 9.17) is 0 Å². The summed E-state index contributed by atoms with van der Waals surface area (Å²) in [6.45, 7) is 9.83. The molecule has 0 fully saturated rings. The molecule has 2 aromatic carbocycles. The Morgan fingerprint density at radius 2 is 1.81 bits per heavy atom. The predicted molar refractivity (Wildman–Crippen MR) is 169 cm³/mol. The van der Waals surface area contributed by atoms with Crippen LogP contribution in [0.2, 0.25) is 0 Å². The van der Waals surface area contributed by atoms with E-state index in [1.165, 1.54) is 71.8 Å². The molecule has 192 valence electrons. The van der Waals surface area contributed by atoms with Crippen LogP contribution in [0.5, 0.6) is 0 Å². The fraction of sp³-hybridized carbons (Fsp3) is 0.312. The van der Waals surface area contributed by atoms with E-state index in [-0.39, 0.29) is 0 Å². The Kier molecular flexibility index (Phi) is 8.75. The van der Waals surface area contributed by atoms with Gasteiger partial charge in [-0.15, -0.1) is 23.5 Å². The van der Waals surface area contributed by atoms with Gasteiger partial charge in [-0.2, -0.15) is 0 Å². The molecule has 0 aromatic heterocycles. The first-order chi connectivity index (χ1) is 18.0. The van der Waals surface area contributed by atoms with Crippen LogP contribution in [0.1, 0.15) is 38.2 Å². The number of hydrogen-bond donors (Lipinski definition) is 0. The standard InChI is InChI=1S/C32H35NS4/c1-6-33-29-20-28(35-5)12-14-31(29)37-32(33)19-24-8-10-25-9-7-23(17-26(25)18-24)16-22(3)36-30-13-11-27(34-4)15-21(30)2/h11-20,25H,3,6-10H2,1-2,4-5H3/b23-16+,32-19-. The number of allylic oxidation sites excluding steroid dienone is 7. The fourth-order valence-corrected chi connectivity index (χ4v) is 8.24. The summed E-state index contributed by atoms with van der Waals surface area (Å²) in [7, 11) is 0. The third-order valence-electron chi connectivity index (χ3n) is 7.27. The maximum Gasteiger partial charge on any atom is 0.0804 e. The predicted octanol–water partition coefficient (Wildman–Crippen LogP) is 10.5. The third-order valence-corrected chi connectivity index (χ3v) is 10.9. The molecular formula is C32H35NS4. The van der Waals surface area contributed by atoms with Gasteiger partial charge in [0, 0.05) is 31.0 Å². The molecule has 5 rings (SSSR count). The summed E-state index contributed by atoms with van der Waals surface area (Å²) in [6, 6.07) is 13.6. The van der Waals surface area contributed by atoms with Gasteiger partial charge in [0.1, 0.15) is 0 Å². The van der Waals surface area contributed by atoms with Gasteiger partial charge in [-0.05, 0) is 129 Å². The third kappa shape index (κ3) is 6.16. The van der Waals surface area contributed by atoms with Gasteiger partial charge in [0.25, 0.3) is 0 Å². The summed E-state index contributed by atoms with van der Waals surface area (Å²) in [5.41, 5.74) is 7.05. The largest absolute Gasteiger partial charge is 0.335 e. The summed E-state index contributed by atoms with van der Waals surface area (Å²) in [6.07, 6.45) is 18.8. The topological polar surface area (TPSA) is 3.24 Å². The number of aryl methyl sites for hydroxylation is 1. The van der Waals surface area contributed by atoms with Crippen molar-refractivity contribution >= 4 is 52.7 Å². The molecule has 2 aliphatic carbocycles. The van der Waals surface area contributed by atoms with Crippen LogP contribution in [0.15, 0.2) is 114 Å². The highest BCUT2D eigenvalue weighted by Crippen LogP contribution is 2.48. The molecule has 1 nitrogen and oxygen atoms in total. The molecule has 0 saturated carbocycles. The number of fused-ring (bicyclic) bond motifs is 2. The highest BCUT2D eigenvalue weighted by molar-refractivity contribution is 8.04. The molecule has 3 aliphatic rings. The number of thioether (sulfide) groups is 4. The molecular weight excluding hydrogens is 527 g/mol. The number of benzene rings is 2. The molecule has 1 unspecified atom stereocenters. The number of nitrogens with zero attached hydrogens (tertiary/aromatic N) is 1. The van der Waals surface area contributed by atoms with Crippen molar-refractivity contribution in [2.24, 2.45) is 5.92 Å². The van der Waals surface area contributed by atoms with Crippen LogP contribution in [0.25, 0.3) is 0 Å². The minimum absolute atomic E-state index is 0.696. The van der Waals surface area contributed by atoms with Crippen LogP contribution in [-0.2, 0) is 0 Å². The molecule has 1 heterocycles. The van der Waals surface area contributed by atoms with E-state index in [2.05, 4.69) is 98.5 Å². The Hall–Kier alpha value is -1.66. The molecule has 0 amide bonds. The minimum Gasteiger partial charge on any atom is -0.335 e. The number of hydrogen-bond acceptors (Lipinski definition) is 5. The second-order valence-electron chi connectivity index (χ2n) is 9.72. The Morgan fingerprint density at radius 1 is 1.05 bits per heavy atom. The lowest BCUT2D eigenvalue weighted by atomic mass is 9.77. The van der Waals surface area contributed by atoms with Gasteiger partial charge in [0.05, 0.1) is 10.7 Å². The van der Waals surface area contributed by atoms with Gasteiger partial charge in [-0.3, -0.25) is 0 Å². The molecule has 0 spiro atoms. The SMILES string of the molecule is C=C(/C=C1/C=C2C=C(/C=C3\Sc4ccc(SC)cc4N3CC)CCC2CC1)Sc1ccc(SC)cc1C. The van der Waals surface area contributed by atoms with Gasteiger partial charge in [0.2, 0.25) is 0 Å². The highest BCUT2D eigenvalue weighted by atomic mass is 32.2. The van der Waals surface area contributed by atoms with Crippen molar-refractivity contribution < 1.29 is 0 Å². The van der Waals surface area contributed by atoms with Crippen molar-refractivity contribution in [1.82, 2.24) is 0 Å². The molecule has 0 saturated heterocycles. The van der Waals surface area contributed by atoms with Crippen molar-refractivity contribution in [1.29, 1.82) is 0 Å². The summed E-state index contributed by atoms with van der Waals surface area (Å²) in [5, 5.41) is 1.36. The van der Waals surface area contributed by atoms with E-state index in [0.29, 0.717) is 5.92 Å². The van der Waals surface area contributed by atoms with Crippen molar-refractivity contribution in [3.63, 3.8) is 0 Å². The quantitative estimate of drug-likeness (QED) is 0.308. The van der Waals surface area contributed by atoms with E-state index in [1.54, 1.807) is 23.5 Å². The average Bonchev–Trinajstić information content (AvgIpc) is 3.25. The van der Waals surface area contributed by atoms with Crippen LogP contribution in [0, 0.1) is 12.8 Å². The maximum absolute atomic E-state index is 4.38. The Morgan fingerprint density at radius 3 is 2.57 bits per heavy atom. The fourth-order valence-electron chi connectivity index (χ4n) is 5.28. The second-order valence-corrected chi connectivity index (χ2v) is 13.7. The number of anilines is 1. The first-order valence-corrected chi connectivity index (χ1v) is 17.0. The van der Waals surface area contributed by atoms with Crippen molar-refractivity contribution in [3.8, 4) is 0 Å². The van der Waals surface area contributed by atoms with Crippen molar-refractivity contribution in [3.05, 3.63) is 99.5 Å². The first kappa shape index (κ1) is 26.9. The average molecular weight is 562 g/mol. The summed E-state index contributed by atoms with van der Waals surface area (Å²) in [5.74, 6) is 0.696. The monoisotopic (exact) mass is 561 g/mol. The molecule has 0 bridgehead atoms. The zero-order chi connectivity index (χ0) is 25.9. The zero-order valence-corrected chi connectivity index (χ0v) is 25.4. The van der Waals surface area contributed by atoms with Gasteiger partial charge in [0.15, 0.2) is 0 Å². The lowest BCUT2D eigenvalue weighted by Gasteiger charge is -2.29. The Labute approximate surface area is 240 Å². The van der Waals surface area contributed by atoms with Crippen LogP contribution in [0.4, 0.5) is 5.69 Å². The van der Waals surface area contributed by atoms with Gasteiger partial charge in [-0.1, -0.05) is 42.3 Å². The molecule has 37 heavy (non-hydrogen) atoms. The summed E-state index contributed by atoms with van der Waals surface area (Å²) in [4.78, 5) is 8.91. The van der Waals surface area contributed by atoms with Gasteiger partial charge < -0.3 is 4.90 Å². The summed E-state index contributed by atoms with van der Waals surface area (Å²) >= 11 is 7.31.